The molecule has 57 heavy (non-hydrogen) atoms. The van der Waals surface area contributed by atoms with Gasteiger partial charge in [0.05, 0.1) is 23.7 Å². The van der Waals surface area contributed by atoms with Gasteiger partial charge < -0.3 is 56.7 Å². The fourth-order valence-electron chi connectivity index (χ4n) is 5.33. The zero-order valence-electron chi connectivity index (χ0n) is 29.3. The van der Waals surface area contributed by atoms with Crippen molar-refractivity contribution in [3.8, 4) is 11.5 Å². The molecule has 10 N–H and O–H groups in total. The number of anilines is 1. The first kappa shape index (κ1) is 41.7. The molecule has 0 spiro atoms. The van der Waals surface area contributed by atoms with E-state index in [2.05, 4.69) is 26.1 Å². The molecule has 3 aliphatic heterocycles. The van der Waals surface area contributed by atoms with Crippen LogP contribution in [0.4, 0.5) is 5.13 Å². The number of carboxylic acids is 2. The summed E-state index contributed by atoms with van der Waals surface area (Å²) in [4.78, 5) is 123. The normalized spacial score (nSPS) is 20.6. The zero-order chi connectivity index (χ0) is 42.1. The highest BCUT2D eigenvalue weighted by Gasteiger charge is 2.66. The van der Waals surface area contributed by atoms with Gasteiger partial charge in [0.15, 0.2) is 22.3 Å². The number of carboxylic acid groups (broad SMARTS) is 2. The quantitative estimate of drug-likeness (QED) is 0.0239. The zero-order valence-corrected chi connectivity index (χ0v) is 31.7. The van der Waals surface area contributed by atoms with Gasteiger partial charge >= 0.3 is 35.6 Å². The number of halogens is 1. The number of thiazole rings is 1. The number of phenols is 2. The molecule has 27 heteroatoms. The number of rotatable bonds is 13. The van der Waals surface area contributed by atoms with Crippen LogP contribution < -0.4 is 27.1 Å². The summed E-state index contributed by atoms with van der Waals surface area (Å²) in [5.41, 5.74) is 4.89. The number of carbonyl (C=O) groups is 9. The van der Waals surface area contributed by atoms with E-state index in [1.54, 1.807) is 0 Å². The largest absolute Gasteiger partial charge is 0.504 e. The second-order valence-corrected chi connectivity index (χ2v) is 15.3. The van der Waals surface area contributed by atoms with Crippen LogP contribution >= 0.6 is 34.7 Å². The van der Waals surface area contributed by atoms with Crippen LogP contribution in [0.25, 0.3) is 0 Å². The van der Waals surface area contributed by atoms with Gasteiger partial charge in [0.25, 0.3) is 11.8 Å². The molecule has 0 saturated carbocycles. The Morgan fingerprint density at radius 3 is 2.35 bits per heavy atom. The molecule has 3 atom stereocenters. The average Bonchev–Trinajstić information content (AvgIpc) is 3.75. The summed E-state index contributed by atoms with van der Waals surface area (Å²) in [6, 6.07) is 0.790. The summed E-state index contributed by atoms with van der Waals surface area (Å²) in [5, 5.41) is 49.8. The fraction of sp³-hybridized carbons (Fsp3) is 0.367. The van der Waals surface area contributed by atoms with Crippen LogP contribution in [-0.4, -0.2) is 154 Å². The number of amides is 7. The number of β-lactam (4-membered cyclic amide) rings is 1. The Kier molecular flexibility index (Phi) is 11.7. The lowest BCUT2D eigenvalue weighted by Crippen LogP contribution is -2.69. The average molecular weight is 855 g/mol. The van der Waals surface area contributed by atoms with Gasteiger partial charge in [0.1, 0.15) is 17.1 Å². The molecule has 0 radical (unpaired) electrons. The van der Waals surface area contributed by atoms with E-state index in [-0.39, 0.29) is 29.5 Å². The van der Waals surface area contributed by atoms with E-state index < -0.39 is 117 Å². The number of nitrogens with one attached hydrogen (secondary N) is 4. The second kappa shape index (κ2) is 16.0. The van der Waals surface area contributed by atoms with E-state index in [0.29, 0.717) is 21.7 Å². The highest BCUT2D eigenvalue weighted by atomic mass is 35.5. The summed E-state index contributed by atoms with van der Waals surface area (Å²) in [7, 11) is 0. The number of nitrogen functional groups attached to an aromatic ring is 1. The highest BCUT2D eigenvalue weighted by Crippen LogP contribution is 2.49. The van der Waals surface area contributed by atoms with Gasteiger partial charge in [-0.05, 0) is 26.0 Å². The van der Waals surface area contributed by atoms with Crippen molar-refractivity contribution >= 4 is 98.8 Å². The fourth-order valence-corrected chi connectivity index (χ4v) is 7.77. The molecule has 3 aliphatic rings. The lowest BCUT2D eigenvalue weighted by molar-refractivity contribution is -0.168. The number of aromatic hydroxyl groups is 2. The Balaban J connectivity index is 1.18. The van der Waals surface area contributed by atoms with Crippen molar-refractivity contribution < 1.29 is 68.4 Å². The van der Waals surface area contributed by atoms with Crippen LogP contribution in [0.1, 0.15) is 29.9 Å². The number of hydrogen-bond acceptors (Lipinski definition) is 17. The van der Waals surface area contributed by atoms with Crippen molar-refractivity contribution in [3.05, 3.63) is 33.8 Å². The van der Waals surface area contributed by atoms with Crippen LogP contribution in [-0.2, 0) is 43.2 Å². The van der Waals surface area contributed by atoms with Gasteiger partial charge in [-0.15, -0.1) is 11.3 Å². The second-order valence-electron chi connectivity index (χ2n) is 12.6. The van der Waals surface area contributed by atoms with Crippen LogP contribution in [0.15, 0.2) is 22.7 Å². The van der Waals surface area contributed by atoms with Gasteiger partial charge in [-0.25, -0.2) is 19.6 Å². The number of oxime groups is 1. The van der Waals surface area contributed by atoms with Crippen molar-refractivity contribution in [2.45, 2.75) is 35.7 Å². The van der Waals surface area contributed by atoms with E-state index in [1.165, 1.54) is 5.38 Å². The van der Waals surface area contributed by atoms with E-state index in [0.717, 1.165) is 42.2 Å². The summed E-state index contributed by atoms with van der Waals surface area (Å²) in [5.74, 6) is -12.4. The Morgan fingerprint density at radius 1 is 1.04 bits per heavy atom. The number of hydrogen-bond donors (Lipinski definition) is 9. The smallest absolute Gasteiger partial charge is 0.350 e. The number of fused-ring (bicyclic) bond motifs is 1. The van der Waals surface area contributed by atoms with E-state index in [9.17, 15) is 63.6 Å². The predicted octanol–water partition coefficient (Wildman–Crippen LogP) is -3.20. The molecule has 24 nitrogen and oxygen atoms in total. The molecule has 1 aromatic heterocycles. The van der Waals surface area contributed by atoms with Crippen LogP contribution in [0.3, 0.4) is 0 Å². The number of aromatic nitrogens is 1. The molecular formula is C30H31ClN10O14S2. The molecular weight excluding hydrogens is 824 g/mol. The monoisotopic (exact) mass is 854 g/mol. The predicted molar refractivity (Wildman–Crippen MR) is 193 cm³/mol. The third kappa shape index (κ3) is 8.12. The van der Waals surface area contributed by atoms with E-state index >= 15 is 0 Å². The lowest BCUT2D eigenvalue weighted by atomic mass is 10.0. The third-order valence-electron chi connectivity index (χ3n) is 8.46. The van der Waals surface area contributed by atoms with Crippen molar-refractivity contribution in [2.75, 3.05) is 38.5 Å². The first-order valence-corrected chi connectivity index (χ1v) is 18.3. The molecule has 4 heterocycles. The first-order valence-electron chi connectivity index (χ1n) is 16.1. The number of phenolic OH excluding ortho intramolecular Hbond substituents is 2. The van der Waals surface area contributed by atoms with Gasteiger partial charge in [0, 0.05) is 25.0 Å². The Hall–Kier alpha value is -6.41. The minimum absolute atomic E-state index is 0.0224. The molecule has 3 saturated heterocycles. The summed E-state index contributed by atoms with van der Waals surface area (Å²) in [6.07, 6.45) is 0. The molecule has 1 aromatic carbocycles. The molecule has 7 amide bonds. The van der Waals surface area contributed by atoms with Crippen molar-refractivity contribution in [1.29, 1.82) is 0 Å². The molecule has 0 bridgehead atoms. The van der Waals surface area contributed by atoms with Crippen LogP contribution in [0.2, 0.25) is 5.02 Å². The summed E-state index contributed by atoms with van der Waals surface area (Å²) >= 11 is 7.35. The minimum Gasteiger partial charge on any atom is -0.504 e. The third-order valence-corrected chi connectivity index (χ3v) is 11.2. The number of aliphatic carboxylic acids is 2. The maximum absolute atomic E-state index is 13.4. The number of carbonyl (C=O) groups excluding carboxylic acids is 7. The van der Waals surface area contributed by atoms with Gasteiger partial charge in [-0.1, -0.05) is 28.5 Å². The molecule has 3 fully saturated rings. The minimum atomic E-state index is -2.23. The summed E-state index contributed by atoms with van der Waals surface area (Å²) in [6.45, 7) is 0.202. The van der Waals surface area contributed by atoms with Gasteiger partial charge in [0.2, 0.25) is 16.4 Å². The van der Waals surface area contributed by atoms with Crippen molar-refractivity contribution in [3.63, 3.8) is 0 Å². The maximum Gasteiger partial charge on any atom is 0.350 e. The molecule has 304 valence electrons. The van der Waals surface area contributed by atoms with E-state index in [4.69, 9.17) is 22.2 Å². The molecule has 5 rings (SSSR count). The number of hydrazine groups is 1. The maximum atomic E-state index is 13.4. The SMILES string of the molecule is CC(C)(O/N=C(\C(=O)N[C@@H]1C(=O)N2C[C@@](C(=O)O)(N3CCN(NC(=O)C(=O)NCCNC(=O)c4ccc(O)c(O)c4Cl)C(=O)C3=O)S[C@H]12)c1csc(N)n1)C(=O)O. The highest BCUT2D eigenvalue weighted by molar-refractivity contribution is 8.02. The van der Waals surface area contributed by atoms with Crippen molar-refractivity contribution in [2.24, 2.45) is 5.16 Å². The molecule has 0 unspecified atom stereocenters. The van der Waals surface area contributed by atoms with Crippen LogP contribution in [0.5, 0.6) is 11.5 Å². The Bertz CT molecular complexity index is 2130. The Labute approximate surface area is 332 Å². The number of nitrogens with zero attached hydrogens (tertiary/aromatic N) is 5. The standard InChI is InChI=1S/C30H31ClN10O14S2/c1-29(2,26(51)52)55-38-15(12-9-56-28(32)35-12)19(45)36-16-22(48)39-10-30(27(53)54,57-25(16)39)40-7-8-41(24(50)23(40)49)37-21(47)20(46)34-6-5-33-18(44)11-3-4-13(42)17(43)14(11)31/h3-4,9,16,25,42-43H,5-8,10H2,1-2H3,(H2,32,35)(H,33,44)(H,34,46)(H,36,45)(H,37,47)(H,51,52)(H,53,54)/b38-15-/t16-,25-,30-/m1/s1. The van der Waals surface area contributed by atoms with Crippen LogP contribution in [0, 0.1) is 0 Å². The van der Waals surface area contributed by atoms with E-state index in [1.807, 2.05) is 5.43 Å². The van der Waals surface area contributed by atoms with Crippen molar-refractivity contribution in [1.82, 2.24) is 41.2 Å². The Morgan fingerprint density at radius 2 is 1.72 bits per heavy atom. The number of piperazine rings is 1. The van der Waals surface area contributed by atoms with Gasteiger partial charge in [-0.3, -0.25) is 39.0 Å². The van der Waals surface area contributed by atoms with Gasteiger partial charge in [-0.2, -0.15) is 0 Å². The summed E-state index contributed by atoms with van der Waals surface area (Å²) < 4.78 is 0. The topological polar surface area (TPSA) is 353 Å². The number of nitrogens with two attached hydrogens (primary N) is 1. The molecule has 2 aromatic rings. The first-order chi connectivity index (χ1) is 26.7. The number of benzene rings is 1. The number of thioether (sulfide) groups is 1. The lowest BCUT2D eigenvalue weighted by Gasteiger charge is -2.41. The molecule has 0 aliphatic carbocycles.